The van der Waals surface area contributed by atoms with Gasteiger partial charge in [-0.1, -0.05) is 29.8 Å². The van der Waals surface area contributed by atoms with Gasteiger partial charge in [0.15, 0.2) is 9.84 Å². The van der Waals surface area contributed by atoms with E-state index in [1.807, 2.05) is 31.2 Å². The molecule has 0 heterocycles. The summed E-state index contributed by atoms with van der Waals surface area (Å²) in [5, 5.41) is 2.76. The van der Waals surface area contributed by atoms with Crippen LogP contribution in [-0.4, -0.2) is 33.7 Å². The lowest BCUT2D eigenvalue weighted by Gasteiger charge is -2.07. The molecule has 0 aliphatic heterocycles. The average Bonchev–Trinajstić information content (AvgIpc) is 2.61. The number of methoxy groups -OCH3 is 1. The SMILES string of the molecule is COc1ccc(CCNC(=O)CCS(=O)(=O)c2ccc(C)cc2)cc1. The number of ether oxygens (including phenoxy) is 1. The van der Waals surface area contributed by atoms with Crippen LogP contribution in [-0.2, 0) is 21.1 Å². The summed E-state index contributed by atoms with van der Waals surface area (Å²) < 4.78 is 29.5. The number of sulfone groups is 1. The van der Waals surface area contributed by atoms with Crippen molar-refractivity contribution in [2.75, 3.05) is 19.4 Å². The van der Waals surface area contributed by atoms with Crippen LogP contribution in [0.2, 0.25) is 0 Å². The van der Waals surface area contributed by atoms with Crippen LogP contribution in [0.4, 0.5) is 0 Å². The Morgan fingerprint density at radius 3 is 2.28 bits per heavy atom. The third-order valence-corrected chi connectivity index (χ3v) is 5.60. The van der Waals surface area contributed by atoms with Gasteiger partial charge >= 0.3 is 0 Å². The largest absolute Gasteiger partial charge is 0.497 e. The van der Waals surface area contributed by atoms with E-state index in [1.54, 1.807) is 31.4 Å². The van der Waals surface area contributed by atoms with E-state index in [4.69, 9.17) is 4.74 Å². The first-order chi connectivity index (χ1) is 11.9. The van der Waals surface area contributed by atoms with Crippen LogP contribution in [0.3, 0.4) is 0 Å². The molecule has 0 aliphatic rings. The lowest BCUT2D eigenvalue weighted by atomic mass is 10.1. The van der Waals surface area contributed by atoms with Crippen LogP contribution in [0, 0.1) is 6.92 Å². The van der Waals surface area contributed by atoms with Crippen LogP contribution in [0.15, 0.2) is 53.4 Å². The first-order valence-electron chi connectivity index (χ1n) is 8.10. The Balaban J connectivity index is 1.77. The Kier molecular flexibility index (Phi) is 6.58. The fourth-order valence-electron chi connectivity index (χ4n) is 2.32. The Morgan fingerprint density at radius 2 is 1.68 bits per heavy atom. The van der Waals surface area contributed by atoms with E-state index in [-0.39, 0.29) is 23.0 Å². The number of nitrogens with one attached hydrogen (secondary N) is 1. The molecular weight excluding hydrogens is 338 g/mol. The molecule has 134 valence electrons. The summed E-state index contributed by atoms with van der Waals surface area (Å²) in [7, 11) is -1.82. The number of hydrogen-bond acceptors (Lipinski definition) is 4. The quantitative estimate of drug-likeness (QED) is 0.784. The summed E-state index contributed by atoms with van der Waals surface area (Å²) in [6, 6.07) is 14.3. The smallest absolute Gasteiger partial charge is 0.221 e. The van der Waals surface area contributed by atoms with Crippen LogP contribution in [0.1, 0.15) is 17.5 Å². The molecule has 0 spiro atoms. The van der Waals surface area contributed by atoms with Crippen LogP contribution < -0.4 is 10.1 Å². The summed E-state index contributed by atoms with van der Waals surface area (Å²) in [6.07, 6.45) is 0.638. The van der Waals surface area contributed by atoms with Gasteiger partial charge in [0.05, 0.1) is 17.8 Å². The highest BCUT2D eigenvalue weighted by Crippen LogP contribution is 2.13. The molecule has 1 N–H and O–H groups in total. The molecule has 6 heteroatoms. The maximum atomic E-state index is 12.2. The van der Waals surface area contributed by atoms with E-state index in [9.17, 15) is 13.2 Å². The van der Waals surface area contributed by atoms with Crippen molar-refractivity contribution < 1.29 is 17.9 Å². The van der Waals surface area contributed by atoms with Gasteiger partial charge < -0.3 is 10.1 Å². The zero-order valence-electron chi connectivity index (χ0n) is 14.5. The lowest BCUT2D eigenvalue weighted by Crippen LogP contribution is -2.27. The van der Waals surface area contributed by atoms with Crippen molar-refractivity contribution in [1.29, 1.82) is 0 Å². The van der Waals surface area contributed by atoms with Gasteiger partial charge in [0.2, 0.25) is 5.91 Å². The zero-order chi connectivity index (χ0) is 18.3. The van der Waals surface area contributed by atoms with Crippen molar-refractivity contribution in [3.8, 4) is 5.75 Å². The second-order valence-electron chi connectivity index (χ2n) is 5.83. The van der Waals surface area contributed by atoms with Gasteiger partial charge in [-0.15, -0.1) is 0 Å². The number of benzene rings is 2. The predicted octanol–water partition coefficient (Wildman–Crippen LogP) is 2.53. The summed E-state index contributed by atoms with van der Waals surface area (Å²) in [6.45, 7) is 2.36. The summed E-state index contributed by atoms with van der Waals surface area (Å²) in [5.41, 5.74) is 2.07. The molecule has 0 unspecified atom stereocenters. The second-order valence-corrected chi connectivity index (χ2v) is 7.94. The van der Waals surface area contributed by atoms with Crippen LogP contribution >= 0.6 is 0 Å². The summed E-state index contributed by atoms with van der Waals surface area (Å²) in [5.74, 6) is 0.336. The van der Waals surface area contributed by atoms with E-state index in [0.29, 0.717) is 13.0 Å². The van der Waals surface area contributed by atoms with Crippen molar-refractivity contribution in [2.24, 2.45) is 0 Å². The molecule has 0 radical (unpaired) electrons. The molecule has 2 aromatic rings. The minimum Gasteiger partial charge on any atom is -0.497 e. The first-order valence-corrected chi connectivity index (χ1v) is 9.75. The molecule has 0 fully saturated rings. The predicted molar refractivity (Wildman–Crippen MR) is 97.6 cm³/mol. The fourth-order valence-corrected chi connectivity index (χ4v) is 3.56. The van der Waals surface area contributed by atoms with Gasteiger partial charge in [0.1, 0.15) is 5.75 Å². The van der Waals surface area contributed by atoms with Gasteiger partial charge in [-0.05, 0) is 43.2 Å². The second kappa shape index (κ2) is 8.67. The van der Waals surface area contributed by atoms with Gasteiger partial charge in [-0.3, -0.25) is 4.79 Å². The van der Waals surface area contributed by atoms with E-state index in [2.05, 4.69) is 5.32 Å². The number of amides is 1. The van der Waals surface area contributed by atoms with Crippen LogP contribution in [0.5, 0.6) is 5.75 Å². The molecule has 25 heavy (non-hydrogen) atoms. The number of carbonyl (C=O) groups excluding carboxylic acids is 1. The van der Waals surface area contributed by atoms with Crippen molar-refractivity contribution in [1.82, 2.24) is 5.32 Å². The topological polar surface area (TPSA) is 72.5 Å². The minimum absolute atomic E-state index is 0.0428. The molecule has 0 saturated carbocycles. The minimum atomic E-state index is -3.43. The van der Waals surface area contributed by atoms with E-state index in [1.165, 1.54) is 0 Å². The van der Waals surface area contributed by atoms with Crippen LogP contribution in [0.25, 0.3) is 0 Å². The number of carbonyl (C=O) groups is 1. The molecule has 0 atom stereocenters. The summed E-state index contributed by atoms with van der Waals surface area (Å²) >= 11 is 0. The Labute approximate surface area is 148 Å². The number of rotatable bonds is 8. The number of aryl methyl sites for hydroxylation is 1. The Bertz CT molecular complexity index is 796. The molecule has 2 aromatic carbocycles. The molecule has 0 aromatic heterocycles. The maximum absolute atomic E-state index is 12.2. The monoisotopic (exact) mass is 361 g/mol. The molecule has 5 nitrogen and oxygen atoms in total. The molecule has 0 aliphatic carbocycles. The molecule has 2 rings (SSSR count). The van der Waals surface area contributed by atoms with Crippen molar-refractivity contribution in [3.63, 3.8) is 0 Å². The van der Waals surface area contributed by atoms with Gasteiger partial charge in [-0.2, -0.15) is 0 Å². The highest BCUT2D eigenvalue weighted by molar-refractivity contribution is 7.91. The van der Waals surface area contributed by atoms with Crippen molar-refractivity contribution >= 4 is 15.7 Å². The highest BCUT2D eigenvalue weighted by Gasteiger charge is 2.16. The van der Waals surface area contributed by atoms with E-state index in [0.717, 1.165) is 16.9 Å². The Morgan fingerprint density at radius 1 is 1.04 bits per heavy atom. The van der Waals surface area contributed by atoms with Crippen molar-refractivity contribution in [3.05, 3.63) is 59.7 Å². The molecule has 0 saturated heterocycles. The van der Waals surface area contributed by atoms with Gasteiger partial charge in [-0.25, -0.2) is 8.42 Å². The first kappa shape index (κ1) is 19.0. The van der Waals surface area contributed by atoms with E-state index < -0.39 is 9.84 Å². The molecule has 0 bridgehead atoms. The average molecular weight is 361 g/mol. The molecule has 1 amide bonds. The molecular formula is C19H23NO4S. The van der Waals surface area contributed by atoms with Crippen molar-refractivity contribution in [2.45, 2.75) is 24.7 Å². The zero-order valence-corrected chi connectivity index (χ0v) is 15.3. The lowest BCUT2D eigenvalue weighted by molar-refractivity contribution is -0.120. The Hall–Kier alpha value is -2.34. The highest BCUT2D eigenvalue weighted by atomic mass is 32.2. The summed E-state index contributed by atoms with van der Waals surface area (Å²) in [4.78, 5) is 12.1. The van der Waals surface area contributed by atoms with E-state index >= 15 is 0 Å². The number of hydrogen-bond donors (Lipinski definition) is 1. The van der Waals surface area contributed by atoms with Gasteiger partial charge in [0.25, 0.3) is 0 Å². The third-order valence-electron chi connectivity index (χ3n) is 3.87. The standard InChI is InChI=1S/C19H23NO4S/c1-15-3-9-18(10-4-15)25(22,23)14-12-19(21)20-13-11-16-5-7-17(24-2)8-6-16/h3-10H,11-14H2,1-2H3,(H,20,21). The normalized spacial score (nSPS) is 11.1. The fraction of sp³-hybridized carbons (Fsp3) is 0.316. The third kappa shape index (κ3) is 5.90. The van der Waals surface area contributed by atoms with Gasteiger partial charge in [0, 0.05) is 13.0 Å². The maximum Gasteiger partial charge on any atom is 0.221 e.